The van der Waals surface area contributed by atoms with Crippen molar-refractivity contribution in [1.29, 1.82) is 5.26 Å². The number of nitriles is 1. The summed E-state index contributed by atoms with van der Waals surface area (Å²) in [5.41, 5.74) is 14.6. The Kier molecular flexibility index (Phi) is 10.3. The molecule has 75 heavy (non-hydrogen) atoms. The monoisotopic (exact) mass is 964 g/mol. The van der Waals surface area contributed by atoms with E-state index >= 15 is 0 Å². The van der Waals surface area contributed by atoms with Crippen molar-refractivity contribution in [2.75, 3.05) is 14.7 Å². The van der Waals surface area contributed by atoms with Gasteiger partial charge in [-0.3, -0.25) is 0 Å². The first kappa shape index (κ1) is 43.5. The molecule has 0 N–H and O–H groups in total. The zero-order chi connectivity index (χ0) is 49.9. The molecule has 14 rings (SSSR count). The Hall–Kier alpha value is -10.3. The fourth-order valence-corrected chi connectivity index (χ4v) is 11.3. The molecule has 0 unspecified atom stereocenters. The summed E-state index contributed by atoms with van der Waals surface area (Å²) in [6.45, 7) is 0. The van der Waals surface area contributed by atoms with E-state index in [0.717, 1.165) is 119 Å². The van der Waals surface area contributed by atoms with E-state index < -0.39 is 5.41 Å². The minimum atomic E-state index is -0.884. The summed E-state index contributed by atoms with van der Waals surface area (Å²) in [6.07, 6.45) is 0. The average Bonchev–Trinajstić information content (AvgIpc) is 3.48. The first-order valence-corrected chi connectivity index (χ1v) is 25.0. The smallest absolute Gasteiger partial charge is 0.151 e. The molecule has 11 aromatic rings. The van der Waals surface area contributed by atoms with Gasteiger partial charge in [-0.05, 0) is 149 Å². The average molecular weight is 965 g/mol. The molecule has 3 heterocycles. The molecule has 0 atom stereocenters. The molecule has 7 heteroatoms. The summed E-state index contributed by atoms with van der Waals surface area (Å²) in [6, 6.07) is 95.1. The number of anilines is 9. The van der Waals surface area contributed by atoms with Crippen LogP contribution in [-0.4, -0.2) is 0 Å². The Bertz CT molecular complexity index is 3540. The summed E-state index contributed by atoms with van der Waals surface area (Å²) in [5, 5.41) is 10.2. The van der Waals surface area contributed by atoms with Gasteiger partial charge in [0, 0.05) is 17.1 Å². The molecule has 0 aromatic heterocycles. The molecule has 0 aliphatic carbocycles. The van der Waals surface area contributed by atoms with Crippen molar-refractivity contribution in [2.24, 2.45) is 0 Å². The second-order valence-electron chi connectivity index (χ2n) is 18.7. The molecule has 0 fully saturated rings. The third-order valence-corrected chi connectivity index (χ3v) is 14.6. The highest BCUT2D eigenvalue weighted by Crippen LogP contribution is 2.55. The lowest BCUT2D eigenvalue weighted by Gasteiger charge is -2.39. The number of para-hydroxylation sites is 12. The number of fused-ring (bicyclic) bond motifs is 6. The molecule has 0 radical (unpaired) electrons. The van der Waals surface area contributed by atoms with E-state index in [2.05, 4.69) is 191 Å². The third-order valence-electron chi connectivity index (χ3n) is 14.6. The zero-order valence-corrected chi connectivity index (χ0v) is 40.4. The fraction of sp³-hybridized carbons (Fsp3) is 0.0147. The van der Waals surface area contributed by atoms with E-state index in [9.17, 15) is 5.26 Å². The van der Waals surface area contributed by atoms with E-state index in [1.54, 1.807) is 0 Å². The molecule has 354 valence electrons. The van der Waals surface area contributed by atoms with Gasteiger partial charge in [0.2, 0.25) is 0 Å². The van der Waals surface area contributed by atoms with Crippen molar-refractivity contribution in [3.05, 3.63) is 295 Å². The molecule has 0 bridgehead atoms. The first-order chi connectivity index (χ1) is 37.1. The molecule has 0 spiro atoms. The van der Waals surface area contributed by atoms with Crippen LogP contribution in [0.5, 0.6) is 34.5 Å². The van der Waals surface area contributed by atoms with Gasteiger partial charge in [-0.2, -0.15) is 5.26 Å². The topological polar surface area (TPSA) is 61.2 Å². The van der Waals surface area contributed by atoms with Crippen LogP contribution in [0.4, 0.5) is 51.2 Å². The predicted molar refractivity (Wildman–Crippen MR) is 299 cm³/mol. The predicted octanol–water partition coefficient (Wildman–Crippen LogP) is 18.3. The van der Waals surface area contributed by atoms with Crippen LogP contribution in [-0.2, 0) is 5.41 Å². The second kappa shape index (κ2) is 17.8. The number of ether oxygens (including phenoxy) is 3. The Balaban J connectivity index is 0.985. The van der Waals surface area contributed by atoms with Gasteiger partial charge in [-0.15, -0.1) is 0 Å². The number of hydrogen-bond acceptors (Lipinski definition) is 7. The van der Waals surface area contributed by atoms with Crippen LogP contribution in [0.15, 0.2) is 267 Å². The molecule has 0 saturated carbocycles. The van der Waals surface area contributed by atoms with Crippen molar-refractivity contribution < 1.29 is 14.2 Å². The summed E-state index contributed by atoms with van der Waals surface area (Å²) in [7, 11) is 0. The zero-order valence-electron chi connectivity index (χ0n) is 40.4. The van der Waals surface area contributed by atoms with Crippen molar-refractivity contribution in [3.8, 4) is 51.7 Å². The van der Waals surface area contributed by atoms with Gasteiger partial charge in [0.15, 0.2) is 34.5 Å². The Labute approximate surface area is 435 Å². The minimum Gasteiger partial charge on any atom is -0.453 e. The highest BCUT2D eigenvalue weighted by Gasteiger charge is 2.40. The summed E-state index contributed by atoms with van der Waals surface area (Å²) in [5.74, 6) is 4.77. The standard InChI is InChI=1S/C68H44N4O3/c69-45-47-15-1-2-16-55(47)46-29-31-48(32-30-46)68(49-33-39-52(40-34-49)70-56-17-3-9-23-62(56)73-63-24-10-4-18-57(63)70,50-35-41-53(42-36-50)71-58-19-5-11-25-64(58)74-65-26-12-6-20-59(65)71)51-37-43-54(44-38-51)72-60-21-7-13-27-66(60)75-67-28-14-8-22-61(67)72/h1-44H. The van der Waals surface area contributed by atoms with Gasteiger partial charge >= 0.3 is 0 Å². The second-order valence-corrected chi connectivity index (χ2v) is 18.7. The lowest BCUT2D eigenvalue weighted by Crippen LogP contribution is -2.31. The summed E-state index contributed by atoms with van der Waals surface area (Å²) in [4.78, 5) is 6.84. The van der Waals surface area contributed by atoms with E-state index in [4.69, 9.17) is 14.2 Å². The van der Waals surface area contributed by atoms with Crippen LogP contribution in [0.25, 0.3) is 11.1 Å². The molecule has 3 aliphatic rings. The van der Waals surface area contributed by atoms with E-state index in [0.29, 0.717) is 5.56 Å². The van der Waals surface area contributed by atoms with Crippen molar-refractivity contribution in [2.45, 2.75) is 5.41 Å². The molecule has 0 saturated heterocycles. The van der Waals surface area contributed by atoms with Gasteiger partial charge in [0.25, 0.3) is 0 Å². The van der Waals surface area contributed by atoms with Crippen molar-refractivity contribution in [3.63, 3.8) is 0 Å². The maximum Gasteiger partial charge on any atom is 0.151 e. The van der Waals surface area contributed by atoms with Gasteiger partial charge < -0.3 is 28.9 Å². The Morgan fingerprint density at radius 1 is 0.280 bits per heavy atom. The molecular formula is C68H44N4O3. The maximum absolute atomic E-state index is 10.2. The number of benzene rings is 11. The highest BCUT2D eigenvalue weighted by molar-refractivity contribution is 5.89. The normalized spacial score (nSPS) is 12.8. The minimum absolute atomic E-state index is 0.627. The van der Waals surface area contributed by atoms with Crippen molar-refractivity contribution >= 4 is 51.2 Å². The van der Waals surface area contributed by atoms with Crippen LogP contribution < -0.4 is 28.9 Å². The lowest BCUT2D eigenvalue weighted by atomic mass is 9.65. The molecule has 0 amide bonds. The van der Waals surface area contributed by atoms with Gasteiger partial charge in [-0.25, -0.2) is 0 Å². The summed E-state index contributed by atoms with van der Waals surface area (Å²) >= 11 is 0. The summed E-state index contributed by atoms with van der Waals surface area (Å²) < 4.78 is 19.3. The van der Waals surface area contributed by atoms with E-state index in [1.807, 2.05) is 97.1 Å². The number of nitrogens with zero attached hydrogens (tertiary/aromatic N) is 4. The maximum atomic E-state index is 10.2. The van der Waals surface area contributed by atoms with Crippen LogP contribution >= 0.6 is 0 Å². The SMILES string of the molecule is N#Cc1ccccc1-c1ccc(C(c2ccc(N3c4ccccc4Oc4ccccc43)cc2)(c2ccc(N3c4ccccc4Oc4ccccc43)cc2)c2ccc(N3c4ccccc4Oc4ccccc43)cc2)cc1. The third kappa shape index (κ3) is 7.11. The quantitative estimate of drug-likeness (QED) is 0.141. The van der Waals surface area contributed by atoms with Gasteiger partial charge in [0.1, 0.15) is 0 Å². The van der Waals surface area contributed by atoms with E-state index in [1.165, 1.54) is 0 Å². The molecule has 7 nitrogen and oxygen atoms in total. The Morgan fingerprint density at radius 2 is 0.533 bits per heavy atom. The molecule has 3 aliphatic heterocycles. The van der Waals surface area contributed by atoms with Crippen LogP contribution in [0, 0.1) is 11.3 Å². The van der Waals surface area contributed by atoms with Crippen LogP contribution in [0.3, 0.4) is 0 Å². The Morgan fingerprint density at radius 3 is 0.827 bits per heavy atom. The first-order valence-electron chi connectivity index (χ1n) is 25.0. The van der Waals surface area contributed by atoms with Gasteiger partial charge in [0.05, 0.1) is 51.2 Å². The largest absolute Gasteiger partial charge is 0.453 e. The molecule has 11 aromatic carbocycles. The van der Waals surface area contributed by atoms with E-state index in [-0.39, 0.29) is 0 Å². The fourth-order valence-electron chi connectivity index (χ4n) is 11.3. The van der Waals surface area contributed by atoms with Crippen LogP contribution in [0.2, 0.25) is 0 Å². The highest BCUT2D eigenvalue weighted by atomic mass is 16.5. The van der Waals surface area contributed by atoms with Crippen LogP contribution in [0.1, 0.15) is 27.8 Å². The number of hydrogen-bond donors (Lipinski definition) is 0. The van der Waals surface area contributed by atoms with Crippen molar-refractivity contribution in [1.82, 2.24) is 0 Å². The number of rotatable bonds is 8. The molecular weight excluding hydrogens is 921 g/mol. The lowest BCUT2D eigenvalue weighted by molar-refractivity contribution is 0.477. The van der Waals surface area contributed by atoms with Gasteiger partial charge in [-0.1, -0.05) is 152 Å².